The Kier molecular flexibility index (Phi) is 7.17. The van der Waals surface area contributed by atoms with Gasteiger partial charge in [-0.25, -0.2) is 9.59 Å². The molecule has 2 aromatic rings. The van der Waals surface area contributed by atoms with Crippen molar-refractivity contribution in [2.45, 2.75) is 32.8 Å². The molecule has 0 aromatic heterocycles. The summed E-state index contributed by atoms with van der Waals surface area (Å²) < 4.78 is 15.9. The summed E-state index contributed by atoms with van der Waals surface area (Å²) in [6.07, 6.45) is -0.766. The second-order valence-electron chi connectivity index (χ2n) is 5.71. The Morgan fingerprint density at radius 3 is 1.96 bits per heavy atom. The molecule has 0 aliphatic rings. The zero-order chi connectivity index (χ0) is 18.8. The van der Waals surface area contributed by atoms with E-state index < -0.39 is 17.8 Å². The van der Waals surface area contributed by atoms with Crippen LogP contribution in [0.15, 0.2) is 60.7 Å². The van der Waals surface area contributed by atoms with Gasteiger partial charge in [-0.15, -0.1) is 0 Å². The summed E-state index contributed by atoms with van der Waals surface area (Å²) in [4.78, 5) is 24.4. The van der Waals surface area contributed by atoms with Gasteiger partial charge in [-0.05, 0) is 25.0 Å². The maximum Gasteiger partial charge on any atom is 0.410 e. The lowest BCUT2D eigenvalue weighted by atomic mass is 10.2. The second kappa shape index (κ2) is 9.58. The van der Waals surface area contributed by atoms with E-state index in [9.17, 15) is 9.59 Å². The number of carbonyl (C=O) groups is 2. The van der Waals surface area contributed by atoms with Gasteiger partial charge in [0.05, 0.1) is 13.2 Å². The highest BCUT2D eigenvalue weighted by molar-refractivity contribution is 5.83. The first-order valence-corrected chi connectivity index (χ1v) is 8.37. The predicted octanol–water partition coefficient (Wildman–Crippen LogP) is 3.41. The van der Waals surface area contributed by atoms with Gasteiger partial charge < -0.3 is 14.2 Å². The van der Waals surface area contributed by atoms with Crippen molar-refractivity contribution in [3.8, 4) is 0 Å². The minimum atomic E-state index is -1.65. The number of rotatable bonds is 8. The molecule has 0 bridgehead atoms. The fourth-order valence-corrected chi connectivity index (χ4v) is 2.17. The van der Waals surface area contributed by atoms with Crippen molar-refractivity contribution in [3.05, 3.63) is 71.8 Å². The molecular formula is C20H23NO5. The van der Waals surface area contributed by atoms with Crippen molar-refractivity contribution in [2.75, 3.05) is 6.61 Å². The molecule has 0 aliphatic heterocycles. The van der Waals surface area contributed by atoms with Crippen molar-refractivity contribution >= 4 is 12.1 Å². The number of benzene rings is 2. The first-order chi connectivity index (χ1) is 12.5. The minimum Gasteiger partial charge on any atom is -0.462 e. The topological polar surface area (TPSA) is 73.9 Å². The van der Waals surface area contributed by atoms with Gasteiger partial charge in [0.2, 0.25) is 5.72 Å². The number of esters is 1. The van der Waals surface area contributed by atoms with Crippen molar-refractivity contribution < 1.29 is 23.8 Å². The molecule has 1 N–H and O–H groups in total. The number of alkyl carbamates (subject to hydrolysis) is 1. The maximum atomic E-state index is 12.3. The highest BCUT2D eigenvalue weighted by atomic mass is 16.6. The summed E-state index contributed by atoms with van der Waals surface area (Å²) in [7, 11) is 0. The molecule has 0 spiro atoms. The van der Waals surface area contributed by atoms with Crippen LogP contribution in [0.25, 0.3) is 0 Å². The molecule has 0 unspecified atom stereocenters. The van der Waals surface area contributed by atoms with Crippen molar-refractivity contribution in [3.63, 3.8) is 0 Å². The molecule has 1 atom stereocenters. The van der Waals surface area contributed by atoms with Crippen LogP contribution in [0.1, 0.15) is 25.0 Å². The number of nitrogens with one attached hydrogen (secondary N) is 1. The van der Waals surface area contributed by atoms with Gasteiger partial charge in [0.15, 0.2) is 0 Å². The highest BCUT2D eigenvalue weighted by Gasteiger charge is 2.38. The number of hydrogen-bond acceptors (Lipinski definition) is 5. The summed E-state index contributed by atoms with van der Waals surface area (Å²) in [5, 5.41) is 2.46. The quantitative estimate of drug-likeness (QED) is 0.579. The molecule has 6 heteroatoms. The zero-order valence-corrected chi connectivity index (χ0v) is 14.9. The number of amides is 1. The molecule has 0 radical (unpaired) electrons. The van der Waals surface area contributed by atoms with E-state index in [4.69, 9.17) is 14.2 Å². The lowest BCUT2D eigenvalue weighted by molar-refractivity contribution is -0.175. The van der Waals surface area contributed by atoms with E-state index in [-0.39, 0.29) is 19.8 Å². The Morgan fingerprint density at radius 2 is 1.42 bits per heavy atom. The molecule has 2 rings (SSSR count). The van der Waals surface area contributed by atoms with Gasteiger partial charge in [-0.2, -0.15) is 0 Å². The Bertz CT molecular complexity index is 705. The largest absolute Gasteiger partial charge is 0.462 e. The first kappa shape index (κ1) is 19.5. The average Bonchev–Trinajstić information content (AvgIpc) is 2.67. The molecule has 0 aliphatic carbocycles. The number of carbonyl (C=O) groups excluding carboxylic acids is 2. The molecule has 0 saturated heterocycles. The summed E-state index contributed by atoms with van der Waals surface area (Å²) in [5.74, 6) is -0.687. The van der Waals surface area contributed by atoms with E-state index in [2.05, 4.69) is 5.32 Å². The zero-order valence-electron chi connectivity index (χ0n) is 14.9. The van der Waals surface area contributed by atoms with Crippen LogP contribution in [0.2, 0.25) is 0 Å². The minimum absolute atomic E-state index is 0.0876. The maximum absolute atomic E-state index is 12.3. The van der Waals surface area contributed by atoms with Crippen LogP contribution >= 0.6 is 0 Å². The van der Waals surface area contributed by atoms with Gasteiger partial charge in [0.1, 0.15) is 6.61 Å². The summed E-state index contributed by atoms with van der Waals surface area (Å²) >= 11 is 0. The van der Waals surface area contributed by atoms with Gasteiger partial charge in [0.25, 0.3) is 0 Å². The van der Waals surface area contributed by atoms with Crippen LogP contribution in [0, 0.1) is 0 Å². The Hall–Kier alpha value is -2.86. The molecule has 0 heterocycles. The molecule has 0 saturated carbocycles. The predicted molar refractivity (Wildman–Crippen MR) is 96.0 cm³/mol. The molecule has 0 fully saturated rings. The van der Waals surface area contributed by atoms with E-state index in [0.29, 0.717) is 0 Å². The van der Waals surface area contributed by atoms with Crippen LogP contribution in [0.3, 0.4) is 0 Å². The van der Waals surface area contributed by atoms with Gasteiger partial charge in [0, 0.05) is 0 Å². The van der Waals surface area contributed by atoms with E-state index in [1.807, 2.05) is 60.7 Å². The van der Waals surface area contributed by atoms with Gasteiger partial charge >= 0.3 is 12.1 Å². The number of hydrogen-bond donors (Lipinski definition) is 1. The van der Waals surface area contributed by atoms with Crippen molar-refractivity contribution in [2.24, 2.45) is 0 Å². The van der Waals surface area contributed by atoms with Crippen LogP contribution in [0.4, 0.5) is 4.79 Å². The van der Waals surface area contributed by atoms with E-state index in [1.54, 1.807) is 6.92 Å². The van der Waals surface area contributed by atoms with E-state index in [1.165, 1.54) is 6.92 Å². The van der Waals surface area contributed by atoms with Gasteiger partial charge in [-0.1, -0.05) is 60.7 Å². The van der Waals surface area contributed by atoms with E-state index >= 15 is 0 Å². The SMILES string of the molecule is CCOC(=O)[C@@](C)(NC(=O)OCc1ccccc1)OCc1ccccc1. The fraction of sp³-hybridized carbons (Fsp3) is 0.300. The summed E-state index contributed by atoms with van der Waals surface area (Å²) in [5.41, 5.74) is 0.0489. The van der Waals surface area contributed by atoms with Crippen LogP contribution in [-0.4, -0.2) is 24.4 Å². The van der Waals surface area contributed by atoms with Crippen LogP contribution in [0.5, 0.6) is 0 Å². The molecule has 6 nitrogen and oxygen atoms in total. The Balaban J connectivity index is 1.98. The molecule has 138 valence electrons. The van der Waals surface area contributed by atoms with Crippen molar-refractivity contribution in [1.29, 1.82) is 0 Å². The smallest absolute Gasteiger partial charge is 0.410 e. The third-order valence-electron chi connectivity index (χ3n) is 3.59. The monoisotopic (exact) mass is 357 g/mol. The number of ether oxygens (including phenoxy) is 3. The lowest BCUT2D eigenvalue weighted by Crippen LogP contribution is -2.55. The van der Waals surface area contributed by atoms with Crippen LogP contribution in [-0.2, 0) is 32.2 Å². The highest BCUT2D eigenvalue weighted by Crippen LogP contribution is 2.14. The molecule has 2 aromatic carbocycles. The fourth-order valence-electron chi connectivity index (χ4n) is 2.17. The lowest BCUT2D eigenvalue weighted by Gasteiger charge is -2.28. The van der Waals surface area contributed by atoms with E-state index in [0.717, 1.165) is 11.1 Å². The Morgan fingerprint density at radius 1 is 0.885 bits per heavy atom. The molecule has 26 heavy (non-hydrogen) atoms. The molecular weight excluding hydrogens is 334 g/mol. The summed E-state index contributed by atoms with van der Waals surface area (Å²) in [6, 6.07) is 18.6. The van der Waals surface area contributed by atoms with Crippen LogP contribution < -0.4 is 5.32 Å². The third kappa shape index (κ3) is 5.89. The summed E-state index contributed by atoms with van der Waals surface area (Å²) in [6.45, 7) is 3.52. The van der Waals surface area contributed by atoms with Crippen molar-refractivity contribution in [1.82, 2.24) is 5.32 Å². The molecule has 1 amide bonds. The average molecular weight is 357 g/mol. The van der Waals surface area contributed by atoms with Gasteiger partial charge in [-0.3, -0.25) is 5.32 Å². The standard InChI is InChI=1S/C20H23NO5/c1-3-24-18(22)20(2,26-15-17-12-8-5-9-13-17)21-19(23)25-14-16-10-6-4-7-11-16/h4-13H,3,14-15H2,1-2H3,(H,21,23)/t20-/m0/s1. The first-order valence-electron chi connectivity index (χ1n) is 8.37. The normalized spacial score (nSPS) is 12.7. The third-order valence-corrected chi connectivity index (χ3v) is 3.59. The Labute approximate surface area is 153 Å². The second-order valence-corrected chi connectivity index (χ2v) is 5.71.